The van der Waals surface area contributed by atoms with Crippen LogP contribution < -0.4 is 9.62 Å². The number of rotatable bonds is 6. The van der Waals surface area contributed by atoms with Gasteiger partial charge < -0.3 is 5.32 Å². The minimum atomic E-state index is -3.99. The third-order valence-electron chi connectivity index (χ3n) is 4.09. The number of aryl methyl sites for hydroxylation is 1. The second-order valence-electron chi connectivity index (χ2n) is 6.19. The van der Waals surface area contributed by atoms with E-state index in [0.717, 1.165) is 9.87 Å². The fourth-order valence-corrected chi connectivity index (χ4v) is 4.05. The molecule has 0 aliphatic carbocycles. The molecular formula is C21H19FN2O3S. The van der Waals surface area contributed by atoms with Gasteiger partial charge in [0.1, 0.15) is 12.4 Å². The van der Waals surface area contributed by atoms with Crippen molar-refractivity contribution >= 4 is 27.3 Å². The van der Waals surface area contributed by atoms with Crippen molar-refractivity contribution in [3.63, 3.8) is 0 Å². The van der Waals surface area contributed by atoms with E-state index in [1.165, 1.54) is 30.3 Å². The normalized spacial score (nSPS) is 11.1. The predicted molar refractivity (Wildman–Crippen MR) is 107 cm³/mol. The highest BCUT2D eigenvalue weighted by atomic mass is 32.2. The van der Waals surface area contributed by atoms with Crippen molar-refractivity contribution < 1.29 is 17.6 Å². The van der Waals surface area contributed by atoms with Gasteiger partial charge in [-0.2, -0.15) is 0 Å². The minimum absolute atomic E-state index is 0.00625. The van der Waals surface area contributed by atoms with Crippen molar-refractivity contribution in [2.45, 2.75) is 11.8 Å². The third kappa shape index (κ3) is 4.37. The van der Waals surface area contributed by atoms with Gasteiger partial charge in [-0.25, -0.2) is 12.8 Å². The van der Waals surface area contributed by atoms with Crippen molar-refractivity contribution in [2.24, 2.45) is 0 Å². The summed E-state index contributed by atoms with van der Waals surface area (Å²) in [5, 5.41) is 2.42. The molecule has 3 aromatic carbocycles. The zero-order valence-electron chi connectivity index (χ0n) is 15.2. The first-order valence-corrected chi connectivity index (χ1v) is 10.0. The molecule has 5 nitrogen and oxygen atoms in total. The van der Waals surface area contributed by atoms with Crippen LogP contribution in [0, 0.1) is 12.7 Å². The van der Waals surface area contributed by atoms with E-state index in [-0.39, 0.29) is 10.6 Å². The largest absolute Gasteiger partial charge is 0.322 e. The van der Waals surface area contributed by atoms with Gasteiger partial charge in [0.15, 0.2) is 0 Å². The van der Waals surface area contributed by atoms with Crippen LogP contribution in [0.25, 0.3) is 0 Å². The Bertz CT molecular complexity index is 1070. The summed E-state index contributed by atoms with van der Waals surface area (Å²) in [4.78, 5) is 12.6. The molecule has 0 heterocycles. The Morgan fingerprint density at radius 1 is 0.929 bits per heavy atom. The topological polar surface area (TPSA) is 66.5 Å². The molecule has 0 atom stereocenters. The molecule has 0 spiro atoms. The van der Waals surface area contributed by atoms with Gasteiger partial charge in [-0.1, -0.05) is 48.0 Å². The van der Waals surface area contributed by atoms with Crippen LogP contribution in [0.4, 0.5) is 15.8 Å². The first-order valence-electron chi connectivity index (χ1n) is 8.57. The molecule has 0 aliphatic heterocycles. The van der Waals surface area contributed by atoms with E-state index in [1.807, 2.05) is 6.92 Å². The number of nitrogens with one attached hydrogen (secondary N) is 1. The highest BCUT2D eigenvalue weighted by Gasteiger charge is 2.27. The van der Waals surface area contributed by atoms with E-state index < -0.39 is 28.3 Å². The smallest absolute Gasteiger partial charge is 0.264 e. The van der Waals surface area contributed by atoms with Crippen LogP contribution in [0.3, 0.4) is 0 Å². The molecule has 0 saturated heterocycles. The van der Waals surface area contributed by atoms with Crippen molar-refractivity contribution in [1.82, 2.24) is 0 Å². The molecular weight excluding hydrogens is 379 g/mol. The van der Waals surface area contributed by atoms with Gasteiger partial charge >= 0.3 is 0 Å². The fourth-order valence-electron chi connectivity index (χ4n) is 2.63. The Kier molecular flexibility index (Phi) is 5.75. The number of hydrogen-bond donors (Lipinski definition) is 1. The molecule has 0 bridgehead atoms. The maximum absolute atomic E-state index is 13.8. The highest BCUT2D eigenvalue weighted by molar-refractivity contribution is 7.92. The molecule has 28 heavy (non-hydrogen) atoms. The first kappa shape index (κ1) is 19.6. The SMILES string of the molecule is Cc1ccc(S(=O)(=O)N(CC(=O)Nc2ccccc2F)c2ccccc2)cc1. The van der Waals surface area contributed by atoms with E-state index in [0.29, 0.717) is 5.69 Å². The molecule has 3 rings (SSSR count). The minimum Gasteiger partial charge on any atom is -0.322 e. The van der Waals surface area contributed by atoms with Gasteiger partial charge in [-0.15, -0.1) is 0 Å². The summed E-state index contributed by atoms with van der Waals surface area (Å²) >= 11 is 0. The number of halogens is 1. The van der Waals surface area contributed by atoms with E-state index in [9.17, 15) is 17.6 Å². The van der Waals surface area contributed by atoms with Crippen LogP contribution in [0.15, 0.2) is 83.8 Å². The molecule has 144 valence electrons. The van der Waals surface area contributed by atoms with Crippen LogP contribution in [-0.2, 0) is 14.8 Å². The first-order chi connectivity index (χ1) is 13.4. The molecule has 0 radical (unpaired) electrons. The molecule has 0 unspecified atom stereocenters. The average molecular weight is 398 g/mol. The predicted octanol–water partition coefficient (Wildman–Crippen LogP) is 3.97. The number of anilines is 2. The number of carbonyl (C=O) groups is 1. The standard InChI is InChI=1S/C21H19FN2O3S/c1-16-11-13-18(14-12-16)28(26,27)24(17-7-3-2-4-8-17)15-21(25)23-20-10-6-5-9-19(20)22/h2-14H,15H2,1H3,(H,23,25). The number of carbonyl (C=O) groups excluding carboxylic acids is 1. The monoisotopic (exact) mass is 398 g/mol. The van der Waals surface area contributed by atoms with Crippen molar-refractivity contribution in [3.05, 3.63) is 90.2 Å². The summed E-state index contributed by atoms with van der Waals surface area (Å²) in [7, 11) is -3.99. The van der Waals surface area contributed by atoms with Crippen LogP contribution in [0.5, 0.6) is 0 Å². The number of benzene rings is 3. The lowest BCUT2D eigenvalue weighted by atomic mass is 10.2. The molecule has 1 N–H and O–H groups in total. The van der Waals surface area contributed by atoms with Gasteiger partial charge in [0.05, 0.1) is 16.3 Å². The summed E-state index contributed by atoms with van der Waals surface area (Å²) in [5.41, 5.74) is 1.25. The molecule has 0 fully saturated rings. The Hall–Kier alpha value is -3.19. The number of sulfonamides is 1. The van der Waals surface area contributed by atoms with Gasteiger partial charge in [0.2, 0.25) is 5.91 Å². The van der Waals surface area contributed by atoms with Gasteiger partial charge in [-0.3, -0.25) is 9.10 Å². The Labute approximate surface area is 163 Å². The maximum Gasteiger partial charge on any atom is 0.264 e. The van der Waals surface area contributed by atoms with E-state index >= 15 is 0 Å². The van der Waals surface area contributed by atoms with E-state index in [2.05, 4.69) is 5.32 Å². The summed E-state index contributed by atoms with van der Waals surface area (Å²) in [6.07, 6.45) is 0. The molecule has 0 aromatic heterocycles. The molecule has 7 heteroatoms. The number of hydrogen-bond acceptors (Lipinski definition) is 3. The molecule has 0 saturated carbocycles. The Balaban J connectivity index is 1.93. The second kappa shape index (κ2) is 8.22. The van der Waals surface area contributed by atoms with Crippen molar-refractivity contribution in [1.29, 1.82) is 0 Å². The van der Waals surface area contributed by atoms with E-state index in [4.69, 9.17) is 0 Å². The summed E-state index contributed by atoms with van der Waals surface area (Å²) < 4.78 is 41.1. The van der Waals surface area contributed by atoms with Gasteiger partial charge in [-0.05, 0) is 43.3 Å². The highest BCUT2D eigenvalue weighted by Crippen LogP contribution is 2.24. The second-order valence-corrected chi connectivity index (χ2v) is 8.05. The molecule has 1 amide bonds. The van der Waals surface area contributed by atoms with Crippen LogP contribution >= 0.6 is 0 Å². The zero-order chi connectivity index (χ0) is 20.1. The lowest BCUT2D eigenvalue weighted by molar-refractivity contribution is -0.114. The molecule has 3 aromatic rings. The quantitative estimate of drug-likeness (QED) is 0.683. The maximum atomic E-state index is 13.8. The lowest BCUT2D eigenvalue weighted by Gasteiger charge is -2.24. The number of amides is 1. The lowest BCUT2D eigenvalue weighted by Crippen LogP contribution is -2.38. The summed E-state index contributed by atoms with van der Waals surface area (Å²) in [5.74, 6) is -1.24. The van der Waals surface area contributed by atoms with Crippen molar-refractivity contribution in [2.75, 3.05) is 16.2 Å². The zero-order valence-corrected chi connectivity index (χ0v) is 16.0. The van der Waals surface area contributed by atoms with E-state index in [1.54, 1.807) is 48.5 Å². The van der Waals surface area contributed by atoms with Crippen LogP contribution in [-0.4, -0.2) is 20.9 Å². The fraction of sp³-hybridized carbons (Fsp3) is 0.0952. The van der Waals surface area contributed by atoms with Crippen molar-refractivity contribution in [3.8, 4) is 0 Å². The van der Waals surface area contributed by atoms with Gasteiger partial charge in [0.25, 0.3) is 10.0 Å². The van der Waals surface area contributed by atoms with Crippen LogP contribution in [0.2, 0.25) is 0 Å². The summed E-state index contributed by atoms with van der Waals surface area (Å²) in [6.45, 7) is 1.36. The number of para-hydroxylation sites is 2. The summed E-state index contributed by atoms with van der Waals surface area (Å²) in [6, 6.07) is 20.4. The molecule has 0 aliphatic rings. The Morgan fingerprint density at radius 3 is 2.18 bits per heavy atom. The van der Waals surface area contributed by atoms with Crippen LogP contribution in [0.1, 0.15) is 5.56 Å². The van der Waals surface area contributed by atoms with Gasteiger partial charge in [0, 0.05) is 0 Å². The third-order valence-corrected chi connectivity index (χ3v) is 5.88. The Morgan fingerprint density at radius 2 is 1.54 bits per heavy atom. The number of nitrogens with zero attached hydrogens (tertiary/aromatic N) is 1. The average Bonchev–Trinajstić information content (AvgIpc) is 2.69.